The molecular formula is C24H34O3. The first-order valence-electron chi connectivity index (χ1n) is 11.2. The Balaban J connectivity index is 1.47. The number of rotatable bonds is 2. The molecule has 5 rings (SSSR count). The standard InChI is InChI=1S/C24H34O3/c1-4-16-13-21-20-6-5-17-14-24(26-11-12-27-24)10-8-18(17)19(20)7-9-23(21,3)22(16)15(2)25/h7,16,20-22H,4-6,8-14H2,1-3H3/t16-,20?,21?,22?,23+/m1/s1. The SMILES string of the molecule is CC[C@@H]1CC2C3CCC4=C(CCC5(C4)OCCO5)C3=CC[C@]2(C)C1C(C)=O. The molecule has 4 aliphatic carbocycles. The highest BCUT2D eigenvalue weighted by Crippen LogP contribution is 2.63. The van der Waals surface area contributed by atoms with Gasteiger partial charge < -0.3 is 9.47 Å². The van der Waals surface area contributed by atoms with Gasteiger partial charge in [0.2, 0.25) is 0 Å². The second-order valence-electron chi connectivity index (χ2n) is 9.98. The zero-order chi connectivity index (χ0) is 18.8. The maximum absolute atomic E-state index is 12.5. The highest BCUT2D eigenvalue weighted by atomic mass is 16.7. The van der Waals surface area contributed by atoms with Gasteiger partial charge in [-0.1, -0.05) is 31.9 Å². The molecule has 0 bridgehead atoms. The number of hydrogen-bond donors (Lipinski definition) is 0. The third kappa shape index (κ3) is 2.57. The van der Waals surface area contributed by atoms with Crippen molar-refractivity contribution in [1.29, 1.82) is 0 Å². The minimum atomic E-state index is -0.310. The van der Waals surface area contributed by atoms with Crippen LogP contribution in [0.5, 0.6) is 0 Å². The van der Waals surface area contributed by atoms with Crippen molar-refractivity contribution in [3.05, 3.63) is 22.8 Å². The lowest BCUT2D eigenvalue weighted by molar-refractivity contribution is -0.164. The molecule has 1 saturated heterocycles. The van der Waals surface area contributed by atoms with E-state index in [0.29, 0.717) is 23.5 Å². The monoisotopic (exact) mass is 370 g/mol. The van der Waals surface area contributed by atoms with Crippen molar-refractivity contribution in [2.24, 2.45) is 29.1 Å². The third-order valence-corrected chi connectivity index (χ3v) is 8.78. The Hall–Kier alpha value is -0.930. The minimum absolute atomic E-state index is 0.173. The third-order valence-electron chi connectivity index (χ3n) is 8.78. The fraction of sp³-hybridized carbons (Fsp3) is 0.792. The summed E-state index contributed by atoms with van der Waals surface area (Å²) in [5.74, 6) is 2.30. The molecule has 2 fully saturated rings. The van der Waals surface area contributed by atoms with Gasteiger partial charge in [-0.25, -0.2) is 0 Å². The molecule has 1 spiro atoms. The number of carbonyl (C=O) groups is 1. The van der Waals surface area contributed by atoms with Gasteiger partial charge in [0.05, 0.1) is 13.2 Å². The van der Waals surface area contributed by atoms with E-state index in [9.17, 15) is 4.79 Å². The van der Waals surface area contributed by atoms with E-state index in [0.717, 1.165) is 45.3 Å². The molecule has 1 aliphatic heterocycles. The van der Waals surface area contributed by atoms with Crippen LogP contribution in [-0.2, 0) is 14.3 Å². The summed E-state index contributed by atoms with van der Waals surface area (Å²) in [4.78, 5) is 12.5. The Labute approximate surface area is 163 Å². The van der Waals surface area contributed by atoms with E-state index in [1.165, 1.54) is 19.3 Å². The number of ketones is 1. The second-order valence-corrected chi connectivity index (χ2v) is 9.98. The maximum atomic E-state index is 12.5. The minimum Gasteiger partial charge on any atom is -0.347 e. The molecule has 5 aliphatic rings. The molecule has 0 radical (unpaired) electrons. The van der Waals surface area contributed by atoms with Crippen molar-refractivity contribution < 1.29 is 14.3 Å². The highest BCUT2D eigenvalue weighted by Gasteiger charge is 2.57. The number of ether oxygens (including phenoxy) is 2. The fourth-order valence-electron chi connectivity index (χ4n) is 7.68. The van der Waals surface area contributed by atoms with Crippen LogP contribution >= 0.6 is 0 Å². The van der Waals surface area contributed by atoms with Crippen LogP contribution in [0, 0.1) is 29.1 Å². The van der Waals surface area contributed by atoms with Crippen molar-refractivity contribution in [2.45, 2.75) is 77.9 Å². The number of hydrogen-bond acceptors (Lipinski definition) is 3. The Morgan fingerprint density at radius 3 is 2.74 bits per heavy atom. The summed E-state index contributed by atoms with van der Waals surface area (Å²) in [7, 11) is 0. The van der Waals surface area contributed by atoms with Gasteiger partial charge in [0.15, 0.2) is 5.79 Å². The zero-order valence-electron chi connectivity index (χ0n) is 17.2. The number of Topliss-reactive ketones (excluding diaryl/α,β-unsaturated/α-hetero) is 1. The lowest BCUT2D eigenvalue weighted by Gasteiger charge is -2.48. The topological polar surface area (TPSA) is 35.5 Å². The van der Waals surface area contributed by atoms with Gasteiger partial charge in [0.1, 0.15) is 5.78 Å². The first kappa shape index (κ1) is 18.1. The lowest BCUT2D eigenvalue weighted by atomic mass is 9.56. The summed E-state index contributed by atoms with van der Waals surface area (Å²) in [5, 5.41) is 0. The summed E-state index contributed by atoms with van der Waals surface area (Å²) in [5.41, 5.74) is 5.05. The van der Waals surface area contributed by atoms with Crippen LogP contribution in [0.2, 0.25) is 0 Å². The van der Waals surface area contributed by atoms with Crippen LogP contribution in [-0.4, -0.2) is 24.8 Å². The molecule has 3 nitrogen and oxygen atoms in total. The molecule has 27 heavy (non-hydrogen) atoms. The van der Waals surface area contributed by atoms with Gasteiger partial charge >= 0.3 is 0 Å². The average Bonchev–Trinajstić information content (AvgIpc) is 3.22. The van der Waals surface area contributed by atoms with E-state index in [1.54, 1.807) is 16.7 Å². The van der Waals surface area contributed by atoms with Gasteiger partial charge in [-0.3, -0.25) is 4.79 Å². The molecule has 0 aromatic carbocycles. The normalized spacial score (nSPS) is 42.6. The van der Waals surface area contributed by atoms with E-state index in [1.807, 2.05) is 6.92 Å². The Bertz CT molecular complexity index is 711. The number of allylic oxidation sites excluding steroid dienone is 3. The van der Waals surface area contributed by atoms with Crippen LogP contribution in [0.1, 0.15) is 72.1 Å². The zero-order valence-corrected chi connectivity index (χ0v) is 17.2. The quantitative estimate of drug-likeness (QED) is 0.669. The van der Waals surface area contributed by atoms with Crippen LogP contribution in [0.15, 0.2) is 22.8 Å². The van der Waals surface area contributed by atoms with Gasteiger partial charge in [-0.15, -0.1) is 0 Å². The van der Waals surface area contributed by atoms with Gasteiger partial charge in [-0.05, 0) is 73.3 Å². The average molecular weight is 371 g/mol. The van der Waals surface area contributed by atoms with E-state index >= 15 is 0 Å². The number of carbonyl (C=O) groups excluding carboxylic acids is 1. The van der Waals surface area contributed by atoms with Crippen LogP contribution < -0.4 is 0 Å². The number of fused-ring (bicyclic) bond motifs is 4. The van der Waals surface area contributed by atoms with Crippen molar-refractivity contribution in [2.75, 3.05) is 13.2 Å². The molecule has 0 N–H and O–H groups in total. The van der Waals surface area contributed by atoms with Crippen molar-refractivity contribution in [3.8, 4) is 0 Å². The Morgan fingerprint density at radius 2 is 2.04 bits per heavy atom. The van der Waals surface area contributed by atoms with Crippen molar-refractivity contribution in [3.63, 3.8) is 0 Å². The van der Waals surface area contributed by atoms with E-state index in [2.05, 4.69) is 19.9 Å². The summed E-state index contributed by atoms with van der Waals surface area (Å²) < 4.78 is 12.0. The molecule has 1 saturated carbocycles. The van der Waals surface area contributed by atoms with Gasteiger partial charge in [0.25, 0.3) is 0 Å². The predicted molar refractivity (Wildman–Crippen MR) is 105 cm³/mol. The molecule has 3 unspecified atom stereocenters. The molecule has 148 valence electrons. The largest absolute Gasteiger partial charge is 0.347 e. The lowest BCUT2D eigenvalue weighted by Crippen LogP contribution is -2.42. The van der Waals surface area contributed by atoms with Gasteiger partial charge in [-0.2, -0.15) is 0 Å². The molecule has 0 amide bonds. The second kappa shape index (κ2) is 6.29. The van der Waals surface area contributed by atoms with E-state index < -0.39 is 0 Å². The van der Waals surface area contributed by atoms with Crippen molar-refractivity contribution in [1.82, 2.24) is 0 Å². The molecular weight excluding hydrogens is 336 g/mol. The smallest absolute Gasteiger partial charge is 0.172 e. The van der Waals surface area contributed by atoms with E-state index in [4.69, 9.17) is 9.47 Å². The molecule has 1 heterocycles. The summed E-state index contributed by atoms with van der Waals surface area (Å²) in [6.45, 7) is 8.04. The Kier molecular flexibility index (Phi) is 4.22. The molecule has 5 atom stereocenters. The van der Waals surface area contributed by atoms with Crippen LogP contribution in [0.4, 0.5) is 0 Å². The summed E-state index contributed by atoms with van der Waals surface area (Å²) in [6, 6.07) is 0. The Morgan fingerprint density at radius 1 is 1.26 bits per heavy atom. The molecule has 3 heteroatoms. The first-order chi connectivity index (χ1) is 13.0. The summed E-state index contributed by atoms with van der Waals surface area (Å²) in [6.07, 6.45) is 11.5. The molecule has 0 aromatic rings. The summed E-state index contributed by atoms with van der Waals surface area (Å²) >= 11 is 0. The predicted octanol–water partition coefficient (Wildman–Crippen LogP) is 5.21. The van der Waals surface area contributed by atoms with Crippen LogP contribution in [0.3, 0.4) is 0 Å². The van der Waals surface area contributed by atoms with E-state index in [-0.39, 0.29) is 17.1 Å². The highest BCUT2D eigenvalue weighted by molar-refractivity contribution is 5.80. The molecule has 0 aromatic heterocycles. The maximum Gasteiger partial charge on any atom is 0.172 e. The fourth-order valence-corrected chi connectivity index (χ4v) is 7.68. The van der Waals surface area contributed by atoms with Gasteiger partial charge in [0, 0.05) is 18.8 Å². The van der Waals surface area contributed by atoms with Crippen molar-refractivity contribution >= 4 is 5.78 Å². The first-order valence-corrected chi connectivity index (χ1v) is 11.2. The van der Waals surface area contributed by atoms with Crippen LogP contribution in [0.25, 0.3) is 0 Å².